The van der Waals surface area contributed by atoms with Gasteiger partial charge < -0.3 is 5.11 Å². The minimum Gasteiger partial charge on any atom is -0.393 e. The summed E-state index contributed by atoms with van der Waals surface area (Å²) in [6, 6.07) is 6.41. The van der Waals surface area contributed by atoms with Gasteiger partial charge in [0.15, 0.2) is 0 Å². The number of benzene rings is 1. The molecular formula is C13H18FO. The second kappa shape index (κ2) is 4.75. The van der Waals surface area contributed by atoms with E-state index in [-0.39, 0.29) is 11.2 Å². The van der Waals surface area contributed by atoms with E-state index >= 15 is 0 Å². The van der Waals surface area contributed by atoms with E-state index in [4.69, 9.17) is 0 Å². The monoisotopic (exact) mass is 209 g/mol. The Morgan fingerprint density at radius 2 is 1.87 bits per heavy atom. The Balaban J connectivity index is 2.72. The molecule has 1 unspecified atom stereocenters. The molecule has 1 atom stereocenters. The van der Waals surface area contributed by atoms with Gasteiger partial charge in [-0.05, 0) is 36.0 Å². The maximum absolute atomic E-state index is 12.7. The van der Waals surface area contributed by atoms with Gasteiger partial charge in [0, 0.05) is 0 Å². The lowest BCUT2D eigenvalue weighted by atomic mass is 9.79. The van der Waals surface area contributed by atoms with Crippen LogP contribution in [0, 0.1) is 18.2 Å². The molecule has 0 bridgehead atoms. The quantitative estimate of drug-likeness (QED) is 0.808. The first-order chi connectivity index (χ1) is 6.95. The molecule has 1 aromatic carbocycles. The van der Waals surface area contributed by atoms with Crippen LogP contribution >= 0.6 is 0 Å². The first kappa shape index (κ1) is 12.2. The average molecular weight is 209 g/mol. The largest absolute Gasteiger partial charge is 0.393 e. The van der Waals surface area contributed by atoms with E-state index < -0.39 is 6.10 Å². The molecule has 1 nitrogen and oxygen atoms in total. The van der Waals surface area contributed by atoms with E-state index in [1.165, 1.54) is 12.1 Å². The topological polar surface area (TPSA) is 20.2 Å². The number of halogens is 1. The van der Waals surface area contributed by atoms with Crippen molar-refractivity contribution in [3.8, 4) is 0 Å². The maximum Gasteiger partial charge on any atom is 0.123 e. The SMILES string of the molecule is [CH2]CC(O)C(C)(C)Cc1ccc(F)cc1. The Morgan fingerprint density at radius 3 is 2.33 bits per heavy atom. The van der Waals surface area contributed by atoms with Gasteiger partial charge in [-0.1, -0.05) is 32.9 Å². The summed E-state index contributed by atoms with van der Waals surface area (Å²) >= 11 is 0. The Kier molecular flexibility index (Phi) is 3.86. The van der Waals surface area contributed by atoms with Gasteiger partial charge in [-0.3, -0.25) is 0 Å². The summed E-state index contributed by atoms with van der Waals surface area (Å²) in [5, 5.41) is 9.77. The summed E-state index contributed by atoms with van der Waals surface area (Å²) < 4.78 is 12.7. The maximum atomic E-state index is 12.7. The number of hydrogen-bond donors (Lipinski definition) is 1. The molecule has 2 heteroatoms. The molecule has 0 fully saturated rings. The van der Waals surface area contributed by atoms with Crippen LogP contribution in [-0.2, 0) is 6.42 Å². The Bertz CT molecular complexity index is 303. The molecule has 0 aliphatic heterocycles. The van der Waals surface area contributed by atoms with E-state index in [0.29, 0.717) is 6.42 Å². The summed E-state index contributed by atoms with van der Waals surface area (Å²) in [6.07, 6.45) is 0.792. The van der Waals surface area contributed by atoms with E-state index in [1.54, 1.807) is 12.1 Å². The van der Waals surface area contributed by atoms with Crippen LogP contribution in [0.3, 0.4) is 0 Å². The van der Waals surface area contributed by atoms with Crippen LogP contribution in [-0.4, -0.2) is 11.2 Å². The Labute approximate surface area is 90.9 Å². The van der Waals surface area contributed by atoms with Crippen molar-refractivity contribution >= 4 is 0 Å². The fourth-order valence-corrected chi connectivity index (χ4v) is 1.64. The van der Waals surface area contributed by atoms with Gasteiger partial charge in [-0.2, -0.15) is 0 Å². The molecule has 1 aromatic rings. The lowest BCUT2D eigenvalue weighted by molar-refractivity contribution is 0.0524. The predicted octanol–water partition coefficient (Wildman–Crippen LogP) is 2.98. The number of hydrogen-bond acceptors (Lipinski definition) is 1. The van der Waals surface area contributed by atoms with Crippen LogP contribution in [0.2, 0.25) is 0 Å². The molecule has 0 aliphatic rings. The van der Waals surface area contributed by atoms with Gasteiger partial charge >= 0.3 is 0 Å². The van der Waals surface area contributed by atoms with Crippen molar-refractivity contribution in [2.75, 3.05) is 0 Å². The zero-order valence-electron chi connectivity index (χ0n) is 9.33. The number of aliphatic hydroxyl groups is 1. The third-order valence-corrected chi connectivity index (χ3v) is 2.75. The molecule has 0 saturated heterocycles. The summed E-state index contributed by atoms with van der Waals surface area (Å²) in [4.78, 5) is 0. The molecule has 1 rings (SSSR count). The van der Waals surface area contributed by atoms with Crippen molar-refractivity contribution in [3.63, 3.8) is 0 Å². The highest BCUT2D eigenvalue weighted by molar-refractivity contribution is 5.17. The molecule has 0 aliphatic carbocycles. The van der Waals surface area contributed by atoms with Gasteiger partial charge in [0.1, 0.15) is 5.82 Å². The average Bonchev–Trinajstić information content (AvgIpc) is 2.20. The molecular weight excluding hydrogens is 191 g/mol. The van der Waals surface area contributed by atoms with E-state index in [9.17, 15) is 9.50 Å². The molecule has 0 amide bonds. The molecule has 0 spiro atoms. The van der Waals surface area contributed by atoms with Crippen LogP contribution in [0.4, 0.5) is 4.39 Å². The normalized spacial score (nSPS) is 13.9. The second-order valence-corrected chi connectivity index (χ2v) is 4.60. The van der Waals surface area contributed by atoms with Crippen LogP contribution in [0.5, 0.6) is 0 Å². The third-order valence-electron chi connectivity index (χ3n) is 2.75. The van der Waals surface area contributed by atoms with Crippen LogP contribution in [0.25, 0.3) is 0 Å². The zero-order chi connectivity index (χ0) is 11.5. The smallest absolute Gasteiger partial charge is 0.123 e. The second-order valence-electron chi connectivity index (χ2n) is 4.60. The van der Waals surface area contributed by atoms with Gasteiger partial charge in [-0.15, -0.1) is 0 Å². The molecule has 0 saturated carbocycles. The van der Waals surface area contributed by atoms with Crippen molar-refractivity contribution in [1.82, 2.24) is 0 Å². The molecule has 1 radical (unpaired) electrons. The lowest BCUT2D eigenvalue weighted by Crippen LogP contribution is -2.30. The van der Waals surface area contributed by atoms with Crippen LogP contribution in [0.15, 0.2) is 24.3 Å². The highest BCUT2D eigenvalue weighted by Gasteiger charge is 2.26. The van der Waals surface area contributed by atoms with Crippen molar-refractivity contribution in [2.24, 2.45) is 5.41 Å². The molecule has 15 heavy (non-hydrogen) atoms. The third kappa shape index (κ3) is 3.31. The Morgan fingerprint density at radius 1 is 1.33 bits per heavy atom. The highest BCUT2D eigenvalue weighted by Crippen LogP contribution is 2.27. The predicted molar refractivity (Wildman–Crippen MR) is 59.9 cm³/mol. The van der Waals surface area contributed by atoms with Gasteiger partial charge in [0.25, 0.3) is 0 Å². The number of aliphatic hydroxyl groups excluding tert-OH is 1. The summed E-state index contributed by atoms with van der Waals surface area (Å²) in [7, 11) is 0. The molecule has 1 N–H and O–H groups in total. The highest BCUT2D eigenvalue weighted by atomic mass is 19.1. The van der Waals surface area contributed by atoms with Crippen LogP contribution in [0.1, 0.15) is 25.8 Å². The van der Waals surface area contributed by atoms with Gasteiger partial charge in [0.05, 0.1) is 6.10 Å². The van der Waals surface area contributed by atoms with Crippen molar-refractivity contribution < 1.29 is 9.50 Å². The minimum absolute atomic E-state index is 0.223. The first-order valence-corrected chi connectivity index (χ1v) is 5.17. The number of rotatable bonds is 4. The summed E-state index contributed by atoms with van der Waals surface area (Å²) in [5.41, 5.74) is 0.813. The first-order valence-electron chi connectivity index (χ1n) is 5.17. The minimum atomic E-state index is -0.428. The van der Waals surface area contributed by atoms with Crippen molar-refractivity contribution in [1.29, 1.82) is 0 Å². The zero-order valence-corrected chi connectivity index (χ0v) is 9.33. The van der Waals surface area contributed by atoms with E-state index in [2.05, 4.69) is 6.92 Å². The fraction of sp³-hybridized carbons (Fsp3) is 0.462. The van der Waals surface area contributed by atoms with Crippen molar-refractivity contribution in [2.45, 2.75) is 32.8 Å². The summed E-state index contributed by atoms with van der Waals surface area (Å²) in [6.45, 7) is 7.68. The van der Waals surface area contributed by atoms with Gasteiger partial charge in [0.2, 0.25) is 0 Å². The summed E-state index contributed by atoms with van der Waals surface area (Å²) in [5.74, 6) is -0.228. The Hall–Kier alpha value is -0.890. The standard InChI is InChI=1S/C13H18FO/c1-4-12(15)13(2,3)9-10-5-7-11(14)8-6-10/h5-8,12,15H,1,4,9H2,2-3H3. The van der Waals surface area contributed by atoms with Crippen molar-refractivity contribution in [3.05, 3.63) is 42.6 Å². The van der Waals surface area contributed by atoms with Crippen LogP contribution < -0.4 is 0 Å². The lowest BCUT2D eigenvalue weighted by Gasteiger charge is -2.30. The molecule has 83 valence electrons. The van der Waals surface area contributed by atoms with E-state index in [1.807, 2.05) is 13.8 Å². The fourth-order valence-electron chi connectivity index (χ4n) is 1.64. The van der Waals surface area contributed by atoms with E-state index in [0.717, 1.165) is 12.0 Å². The molecule has 0 aromatic heterocycles. The van der Waals surface area contributed by atoms with Gasteiger partial charge in [-0.25, -0.2) is 4.39 Å². The molecule has 0 heterocycles.